The quantitative estimate of drug-likeness (QED) is 0.696. The Labute approximate surface area is 106 Å². The minimum absolute atomic E-state index is 0.177. The van der Waals surface area contributed by atoms with E-state index in [1.807, 2.05) is 14.1 Å². The van der Waals surface area contributed by atoms with E-state index in [2.05, 4.69) is 25.7 Å². The van der Waals surface area contributed by atoms with Crippen LogP contribution in [0.4, 0.5) is 0 Å². The van der Waals surface area contributed by atoms with Crippen molar-refractivity contribution < 1.29 is 4.79 Å². The minimum atomic E-state index is 0.177. The van der Waals surface area contributed by atoms with E-state index in [1.165, 1.54) is 0 Å². The molecule has 1 unspecified atom stereocenters. The summed E-state index contributed by atoms with van der Waals surface area (Å²) >= 11 is 0. The van der Waals surface area contributed by atoms with Gasteiger partial charge in [-0.1, -0.05) is 13.8 Å². The van der Waals surface area contributed by atoms with Crippen LogP contribution in [0, 0.1) is 5.92 Å². The van der Waals surface area contributed by atoms with Crippen molar-refractivity contribution in [2.75, 3.05) is 33.7 Å². The van der Waals surface area contributed by atoms with Gasteiger partial charge in [-0.05, 0) is 39.3 Å². The van der Waals surface area contributed by atoms with Gasteiger partial charge < -0.3 is 10.6 Å². The second-order valence-corrected chi connectivity index (χ2v) is 5.35. The molecule has 0 rings (SSSR count). The van der Waals surface area contributed by atoms with E-state index in [-0.39, 0.29) is 5.91 Å². The van der Waals surface area contributed by atoms with Crippen molar-refractivity contribution in [2.24, 2.45) is 11.7 Å². The van der Waals surface area contributed by atoms with Crippen molar-refractivity contribution in [2.45, 2.75) is 39.7 Å². The highest BCUT2D eigenvalue weighted by atomic mass is 16.2. The van der Waals surface area contributed by atoms with Crippen LogP contribution in [-0.2, 0) is 4.79 Å². The van der Waals surface area contributed by atoms with Crippen LogP contribution in [-0.4, -0.2) is 55.5 Å². The molecular weight excluding hydrogens is 214 g/mol. The highest BCUT2D eigenvalue weighted by Crippen LogP contribution is 2.09. The number of carbonyl (C=O) groups excluding carboxylic acids is 1. The van der Waals surface area contributed by atoms with E-state index in [0.29, 0.717) is 25.0 Å². The molecule has 0 aliphatic rings. The van der Waals surface area contributed by atoms with Crippen molar-refractivity contribution in [3.8, 4) is 0 Å². The number of hydrogen-bond donors (Lipinski definition) is 1. The molecule has 0 aromatic heterocycles. The van der Waals surface area contributed by atoms with Crippen LogP contribution < -0.4 is 5.73 Å². The van der Waals surface area contributed by atoms with Crippen molar-refractivity contribution in [3.05, 3.63) is 0 Å². The molecule has 0 spiro atoms. The van der Waals surface area contributed by atoms with Crippen LogP contribution in [0.1, 0.15) is 33.6 Å². The Kier molecular flexibility index (Phi) is 8.17. The van der Waals surface area contributed by atoms with Crippen molar-refractivity contribution in [3.63, 3.8) is 0 Å². The van der Waals surface area contributed by atoms with Gasteiger partial charge in [-0.3, -0.25) is 9.69 Å². The number of carbonyl (C=O) groups is 1. The molecule has 2 N–H and O–H groups in total. The minimum Gasteiger partial charge on any atom is -0.345 e. The van der Waals surface area contributed by atoms with E-state index < -0.39 is 0 Å². The van der Waals surface area contributed by atoms with Gasteiger partial charge in [0.15, 0.2) is 0 Å². The summed E-state index contributed by atoms with van der Waals surface area (Å²) in [6.45, 7) is 8.47. The molecule has 0 aliphatic heterocycles. The van der Waals surface area contributed by atoms with Gasteiger partial charge in [0.2, 0.25) is 5.91 Å². The summed E-state index contributed by atoms with van der Waals surface area (Å²) in [5, 5.41) is 0. The largest absolute Gasteiger partial charge is 0.345 e. The number of likely N-dealkylation sites (N-methyl/N-ethyl adjacent to an activating group) is 2. The number of amides is 1. The Morgan fingerprint density at radius 2 is 1.82 bits per heavy atom. The molecule has 0 fully saturated rings. The van der Waals surface area contributed by atoms with Gasteiger partial charge >= 0.3 is 0 Å². The molecule has 0 aromatic carbocycles. The number of hydrogen-bond acceptors (Lipinski definition) is 3. The zero-order valence-corrected chi connectivity index (χ0v) is 12.1. The lowest BCUT2D eigenvalue weighted by atomic mass is 10.0. The predicted molar refractivity (Wildman–Crippen MR) is 72.9 cm³/mol. The molecule has 0 bridgehead atoms. The Balaban J connectivity index is 4.01. The number of rotatable bonds is 8. The highest BCUT2D eigenvalue weighted by molar-refractivity contribution is 5.77. The first kappa shape index (κ1) is 16.4. The van der Waals surface area contributed by atoms with E-state index in [9.17, 15) is 4.79 Å². The second-order valence-electron chi connectivity index (χ2n) is 5.35. The fourth-order valence-corrected chi connectivity index (χ4v) is 1.81. The first-order chi connectivity index (χ1) is 7.88. The lowest BCUT2D eigenvalue weighted by Gasteiger charge is -2.27. The summed E-state index contributed by atoms with van der Waals surface area (Å²) in [6, 6.07) is 0.446. The molecule has 0 saturated carbocycles. The van der Waals surface area contributed by atoms with Crippen LogP contribution >= 0.6 is 0 Å². The average Bonchev–Trinajstić information content (AvgIpc) is 2.24. The molecule has 17 heavy (non-hydrogen) atoms. The Hall–Kier alpha value is -0.610. The Bertz CT molecular complexity index is 219. The highest BCUT2D eigenvalue weighted by Gasteiger charge is 2.16. The molecule has 0 aliphatic carbocycles. The number of nitrogens with zero attached hydrogens (tertiary/aromatic N) is 2. The molecule has 1 amide bonds. The fraction of sp³-hybridized carbons (Fsp3) is 0.923. The lowest BCUT2D eigenvalue weighted by molar-refractivity contribution is -0.131. The molecule has 0 heterocycles. The van der Waals surface area contributed by atoms with Gasteiger partial charge in [0.05, 0.1) is 6.54 Å². The SMILES string of the molecule is CC(C)CC(C)N(C)CC(=O)N(C)CCCN. The summed E-state index contributed by atoms with van der Waals surface area (Å²) in [5.41, 5.74) is 5.43. The van der Waals surface area contributed by atoms with E-state index in [0.717, 1.165) is 19.4 Å². The third-order valence-corrected chi connectivity index (χ3v) is 3.07. The fourth-order valence-electron chi connectivity index (χ4n) is 1.81. The van der Waals surface area contributed by atoms with Crippen molar-refractivity contribution in [1.82, 2.24) is 9.80 Å². The standard InChI is InChI=1S/C13H29N3O/c1-11(2)9-12(3)16(5)10-13(17)15(4)8-6-7-14/h11-12H,6-10,14H2,1-5H3. The zero-order chi connectivity index (χ0) is 13.4. The first-order valence-corrected chi connectivity index (χ1v) is 6.52. The zero-order valence-electron chi connectivity index (χ0n) is 12.1. The molecule has 0 aromatic rings. The topological polar surface area (TPSA) is 49.6 Å². The van der Waals surface area contributed by atoms with E-state index in [4.69, 9.17) is 5.73 Å². The monoisotopic (exact) mass is 243 g/mol. The van der Waals surface area contributed by atoms with Crippen LogP contribution in [0.2, 0.25) is 0 Å². The third kappa shape index (κ3) is 7.34. The van der Waals surface area contributed by atoms with E-state index in [1.54, 1.807) is 4.90 Å². The maximum atomic E-state index is 11.9. The van der Waals surface area contributed by atoms with Crippen LogP contribution in [0.25, 0.3) is 0 Å². The predicted octanol–water partition coefficient (Wildman–Crippen LogP) is 1.16. The van der Waals surface area contributed by atoms with Crippen molar-refractivity contribution >= 4 is 5.91 Å². The molecule has 102 valence electrons. The van der Waals surface area contributed by atoms with Crippen LogP contribution in [0.5, 0.6) is 0 Å². The summed E-state index contributed by atoms with van der Waals surface area (Å²) < 4.78 is 0. The molecular formula is C13H29N3O. The van der Waals surface area contributed by atoms with Gasteiger partial charge in [0, 0.05) is 19.6 Å². The number of nitrogens with two attached hydrogens (primary N) is 1. The van der Waals surface area contributed by atoms with Crippen LogP contribution in [0.3, 0.4) is 0 Å². The van der Waals surface area contributed by atoms with Gasteiger partial charge in [-0.2, -0.15) is 0 Å². The molecule has 4 nitrogen and oxygen atoms in total. The smallest absolute Gasteiger partial charge is 0.236 e. The van der Waals surface area contributed by atoms with Gasteiger partial charge in [-0.25, -0.2) is 0 Å². The summed E-state index contributed by atoms with van der Waals surface area (Å²) in [4.78, 5) is 15.8. The second kappa shape index (κ2) is 8.48. The summed E-state index contributed by atoms with van der Waals surface area (Å²) in [7, 11) is 3.86. The lowest BCUT2D eigenvalue weighted by Crippen LogP contribution is -2.41. The Morgan fingerprint density at radius 3 is 2.29 bits per heavy atom. The molecule has 0 radical (unpaired) electrons. The maximum Gasteiger partial charge on any atom is 0.236 e. The van der Waals surface area contributed by atoms with E-state index >= 15 is 0 Å². The van der Waals surface area contributed by atoms with Crippen molar-refractivity contribution in [1.29, 1.82) is 0 Å². The van der Waals surface area contributed by atoms with Crippen LogP contribution in [0.15, 0.2) is 0 Å². The summed E-state index contributed by atoms with van der Waals surface area (Å²) in [5.74, 6) is 0.842. The Morgan fingerprint density at radius 1 is 1.24 bits per heavy atom. The summed E-state index contributed by atoms with van der Waals surface area (Å²) in [6.07, 6.45) is 1.99. The average molecular weight is 243 g/mol. The van der Waals surface area contributed by atoms with Gasteiger partial charge in [-0.15, -0.1) is 0 Å². The third-order valence-electron chi connectivity index (χ3n) is 3.07. The molecule has 0 saturated heterocycles. The maximum absolute atomic E-state index is 11.9. The first-order valence-electron chi connectivity index (χ1n) is 6.52. The molecule has 4 heteroatoms. The van der Waals surface area contributed by atoms with Gasteiger partial charge in [0.1, 0.15) is 0 Å². The molecule has 1 atom stereocenters. The van der Waals surface area contributed by atoms with Gasteiger partial charge in [0.25, 0.3) is 0 Å². The normalized spacial score (nSPS) is 13.2.